The highest BCUT2D eigenvalue weighted by Crippen LogP contribution is 2.13. The van der Waals surface area contributed by atoms with E-state index in [-0.39, 0.29) is 6.61 Å². The zero-order chi connectivity index (χ0) is 11.9. The Labute approximate surface area is 103 Å². The van der Waals surface area contributed by atoms with Crippen molar-refractivity contribution in [2.24, 2.45) is 0 Å². The second-order valence-electron chi connectivity index (χ2n) is 4.58. The SMILES string of the molecule is OCCCC1CN(Cc2ccccc2)CCO1. The minimum absolute atomic E-state index is 0.262. The van der Waals surface area contributed by atoms with Gasteiger partial charge in [-0.25, -0.2) is 0 Å². The summed E-state index contributed by atoms with van der Waals surface area (Å²) in [5, 5.41) is 8.83. The molecule has 1 aliphatic rings. The maximum absolute atomic E-state index is 8.83. The fraction of sp³-hybridized carbons (Fsp3) is 0.571. The third kappa shape index (κ3) is 4.11. The van der Waals surface area contributed by atoms with Crippen LogP contribution in [0.5, 0.6) is 0 Å². The molecule has 0 aromatic heterocycles. The lowest BCUT2D eigenvalue weighted by atomic mass is 10.1. The molecule has 1 unspecified atom stereocenters. The summed E-state index contributed by atoms with van der Waals surface area (Å²) in [5.41, 5.74) is 1.36. The van der Waals surface area contributed by atoms with Crippen molar-refractivity contribution in [2.75, 3.05) is 26.3 Å². The molecular weight excluding hydrogens is 214 g/mol. The summed E-state index contributed by atoms with van der Waals surface area (Å²) in [6.45, 7) is 4.06. The Morgan fingerprint density at radius 1 is 1.29 bits per heavy atom. The van der Waals surface area contributed by atoms with Gasteiger partial charge in [0.25, 0.3) is 0 Å². The molecule has 0 radical (unpaired) electrons. The van der Waals surface area contributed by atoms with Gasteiger partial charge in [0.15, 0.2) is 0 Å². The second kappa shape index (κ2) is 6.74. The van der Waals surface area contributed by atoms with Crippen LogP contribution in [-0.2, 0) is 11.3 Å². The van der Waals surface area contributed by atoms with E-state index in [1.54, 1.807) is 0 Å². The van der Waals surface area contributed by atoms with Gasteiger partial charge in [0.05, 0.1) is 12.7 Å². The van der Waals surface area contributed by atoms with Crippen LogP contribution in [-0.4, -0.2) is 42.4 Å². The minimum Gasteiger partial charge on any atom is -0.396 e. The molecule has 1 N–H and O–H groups in total. The summed E-state index contributed by atoms with van der Waals surface area (Å²) in [6.07, 6.45) is 2.09. The average Bonchev–Trinajstić information content (AvgIpc) is 2.38. The van der Waals surface area contributed by atoms with E-state index in [1.165, 1.54) is 5.56 Å². The molecule has 0 amide bonds. The third-order valence-electron chi connectivity index (χ3n) is 3.16. The van der Waals surface area contributed by atoms with Gasteiger partial charge >= 0.3 is 0 Å². The summed E-state index contributed by atoms with van der Waals surface area (Å²) in [5.74, 6) is 0. The van der Waals surface area contributed by atoms with E-state index in [1.807, 2.05) is 6.07 Å². The summed E-state index contributed by atoms with van der Waals surface area (Å²) >= 11 is 0. The number of nitrogens with zero attached hydrogens (tertiary/aromatic N) is 1. The first kappa shape index (κ1) is 12.6. The zero-order valence-electron chi connectivity index (χ0n) is 10.2. The first-order valence-corrected chi connectivity index (χ1v) is 6.37. The number of hydrogen-bond acceptors (Lipinski definition) is 3. The van der Waals surface area contributed by atoms with Crippen molar-refractivity contribution in [1.82, 2.24) is 4.90 Å². The smallest absolute Gasteiger partial charge is 0.0703 e. The van der Waals surface area contributed by atoms with Crippen LogP contribution in [0.25, 0.3) is 0 Å². The van der Waals surface area contributed by atoms with Crippen LogP contribution in [0, 0.1) is 0 Å². The number of hydrogen-bond donors (Lipinski definition) is 1. The topological polar surface area (TPSA) is 32.7 Å². The third-order valence-corrected chi connectivity index (χ3v) is 3.16. The Morgan fingerprint density at radius 2 is 2.12 bits per heavy atom. The van der Waals surface area contributed by atoms with Crippen molar-refractivity contribution in [3.63, 3.8) is 0 Å². The fourth-order valence-electron chi connectivity index (χ4n) is 2.26. The van der Waals surface area contributed by atoms with E-state index in [0.717, 1.165) is 39.1 Å². The van der Waals surface area contributed by atoms with E-state index in [2.05, 4.69) is 29.2 Å². The molecule has 0 saturated carbocycles. The van der Waals surface area contributed by atoms with Gasteiger partial charge in [-0.1, -0.05) is 30.3 Å². The van der Waals surface area contributed by atoms with Gasteiger partial charge in [-0.05, 0) is 18.4 Å². The van der Waals surface area contributed by atoms with Crippen LogP contribution in [0.3, 0.4) is 0 Å². The number of morpholine rings is 1. The lowest BCUT2D eigenvalue weighted by Gasteiger charge is -2.33. The van der Waals surface area contributed by atoms with Gasteiger partial charge in [-0.2, -0.15) is 0 Å². The second-order valence-corrected chi connectivity index (χ2v) is 4.58. The van der Waals surface area contributed by atoms with Crippen molar-refractivity contribution < 1.29 is 9.84 Å². The molecular formula is C14H21NO2. The summed E-state index contributed by atoms with van der Waals surface area (Å²) in [4.78, 5) is 2.43. The first-order chi connectivity index (χ1) is 8.38. The van der Waals surface area contributed by atoms with Gasteiger partial charge < -0.3 is 9.84 Å². The predicted octanol–water partition coefficient (Wildman–Crippen LogP) is 1.66. The molecule has 3 nitrogen and oxygen atoms in total. The summed E-state index contributed by atoms with van der Waals surface area (Å²) in [7, 11) is 0. The fourth-order valence-corrected chi connectivity index (χ4v) is 2.26. The minimum atomic E-state index is 0.262. The number of benzene rings is 1. The van der Waals surface area contributed by atoms with Crippen LogP contribution in [0.1, 0.15) is 18.4 Å². The van der Waals surface area contributed by atoms with Crippen LogP contribution in [0.2, 0.25) is 0 Å². The Morgan fingerprint density at radius 3 is 2.88 bits per heavy atom. The van der Waals surface area contributed by atoms with Crippen LogP contribution in [0.15, 0.2) is 30.3 Å². The molecule has 94 valence electrons. The van der Waals surface area contributed by atoms with E-state index >= 15 is 0 Å². The van der Waals surface area contributed by atoms with Crippen molar-refractivity contribution in [3.05, 3.63) is 35.9 Å². The lowest BCUT2D eigenvalue weighted by Crippen LogP contribution is -2.41. The highest BCUT2D eigenvalue weighted by Gasteiger charge is 2.19. The molecule has 0 bridgehead atoms. The Bertz CT molecular complexity index is 315. The van der Waals surface area contributed by atoms with E-state index in [9.17, 15) is 0 Å². The molecule has 1 aromatic rings. The standard InChI is InChI=1S/C14H21NO2/c16-9-4-7-14-12-15(8-10-17-14)11-13-5-2-1-3-6-13/h1-3,5-6,14,16H,4,7-12H2. The van der Waals surface area contributed by atoms with Gasteiger partial charge in [0.1, 0.15) is 0 Å². The van der Waals surface area contributed by atoms with Gasteiger partial charge in [0, 0.05) is 26.2 Å². The summed E-state index contributed by atoms with van der Waals surface area (Å²) < 4.78 is 5.70. The Kier molecular flexibility index (Phi) is 4.98. The normalized spacial score (nSPS) is 21.6. The molecule has 1 aliphatic heterocycles. The van der Waals surface area contributed by atoms with Gasteiger partial charge in [0.2, 0.25) is 0 Å². The molecule has 1 saturated heterocycles. The highest BCUT2D eigenvalue weighted by atomic mass is 16.5. The molecule has 3 heteroatoms. The van der Waals surface area contributed by atoms with Crippen molar-refractivity contribution in [3.8, 4) is 0 Å². The molecule has 1 aromatic carbocycles. The van der Waals surface area contributed by atoms with E-state index < -0.39 is 0 Å². The zero-order valence-corrected chi connectivity index (χ0v) is 10.2. The Hall–Kier alpha value is -0.900. The van der Waals surface area contributed by atoms with Crippen LogP contribution < -0.4 is 0 Å². The van der Waals surface area contributed by atoms with E-state index in [4.69, 9.17) is 9.84 Å². The van der Waals surface area contributed by atoms with Gasteiger partial charge in [-0.3, -0.25) is 4.90 Å². The van der Waals surface area contributed by atoms with Crippen LogP contribution >= 0.6 is 0 Å². The quantitative estimate of drug-likeness (QED) is 0.842. The summed E-state index contributed by atoms with van der Waals surface area (Å²) in [6, 6.07) is 10.5. The van der Waals surface area contributed by atoms with Crippen LogP contribution in [0.4, 0.5) is 0 Å². The average molecular weight is 235 g/mol. The highest BCUT2D eigenvalue weighted by molar-refractivity contribution is 5.14. The lowest BCUT2D eigenvalue weighted by molar-refractivity contribution is -0.0370. The number of aliphatic hydroxyl groups excluding tert-OH is 1. The number of rotatable bonds is 5. The monoisotopic (exact) mass is 235 g/mol. The molecule has 17 heavy (non-hydrogen) atoms. The molecule has 1 fully saturated rings. The van der Waals surface area contributed by atoms with Crippen molar-refractivity contribution in [2.45, 2.75) is 25.5 Å². The largest absolute Gasteiger partial charge is 0.396 e. The van der Waals surface area contributed by atoms with Crippen molar-refractivity contribution in [1.29, 1.82) is 0 Å². The number of aliphatic hydroxyl groups is 1. The molecule has 0 spiro atoms. The van der Waals surface area contributed by atoms with E-state index in [0.29, 0.717) is 6.10 Å². The molecule has 0 aliphatic carbocycles. The first-order valence-electron chi connectivity index (χ1n) is 6.37. The molecule has 1 atom stereocenters. The number of ether oxygens (including phenoxy) is 1. The maximum Gasteiger partial charge on any atom is 0.0703 e. The predicted molar refractivity (Wildman–Crippen MR) is 67.8 cm³/mol. The van der Waals surface area contributed by atoms with Crippen molar-refractivity contribution >= 4 is 0 Å². The molecule has 1 heterocycles. The molecule has 2 rings (SSSR count). The maximum atomic E-state index is 8.83. The Balaban J connectivity index is 1.81. The van der Waals surface area contributed by atoms with Gasteiger partial charge in [-0.15, -0.1) is 0 Å².